The molecule has 1 N–H and O–H groups in total. The van der Waals surface area contributed by atoms with Gasteiger partial charge < -0.3 is 9.84 Å². The summed E-state index contributed by atoms with van der Waals surface area (Å²) in [5.74, 6) is -0.372. The van der Waals surface area contributed by atoms with Gasteiger partial charge in [0.25, 0.3) is 0 Å². The molecule has 0 fully saturated rings. The molecule has 3 nitrogen and oxygen atoms in total. The first-order valence-corrected chi connectivity index (χ1v) is 6.58. The van der Waals surface area contributed by atoms with E-state index >= 15 is 0 Å². The van der Waals surface area contributed by atoms with Gasteiger partial charge in [0.05, 0.1) is 11.7 Å². The van der Waals surface area contributed by atoms with Crippen LogP contribution in [0.4, 0.5) is 0 Å². The molecule has 0 spiro atoms. The largest absolute Gasteiger partial charge is 0.491 e. The average Bonchev–Trinajstić information content (AvgIpc) is 2.39. The van der Waals surface area contributed by atoms with Crippen molar-refractivity contribution in [2.75, 3.05) is 0 Å². The summed E-state index contributed by atoms with van der Waals surface area (Å²) >= 11 is 0. The molecule has 104 valence electrons. The molecule has 3 heteroatoms. The lowest BCUT2D eigenvalue weighted by Gasteiger charge is -2.13. The van der Waals surface area contributed by atoms with Gasteiger partial charge in [0.15, 0.2) is 0 Å². The third kappa shape index (κ3) is 3.18. The topological polar surface area (TPSA) is 46.5 Å². The Hall–Kier alpha value is -2.29. The fourth-order valence-corrected chi connectivity index (χ4v) is 2.03. The van der Waals surface area contributed by atoms with Crippen molar-refractivity contribution in [1.29, 1.82) is 0 Å². The van der Waals surface area contributed by atoms with Crippen LogP contribution in [-0.2, 0) is 0 Å². The molecule has 0 saturated heterocycles. The number of ether oxygens (including phenoxy) is 1. The first-order valence-electron chi connectivity index (χ1n) is 6.58. The highest BCUT2D eigenvalue weighted by atomic mass is 16.5. The van der Waals surface area contributed by atoms with E-state index in [9.17, 15) is 9.90 Å². The molecule has 0 atom stereocenters. The van der Waals surface area contributed by atoms with E-state index in [-0.39, 0.29) is 11.7 Å². The average molecular weight is 270 g/mol. The molecular weight excluding hydrogens is 252 g/mol. The van der Waals surface area contributed by atoms with Crippen LogP contribution in [0, 0.1) is 6.92 Å². The molecule has 2 rings (SSSR count). The molecule has 0 aliphatic carbocycles. The van der Waals surface area contributed by atoms with Gasteiger partial charge >= 0.3 is 5.97 Å². The van der Waals surface area contributed by atoms with Crippen molar-refractivity contribution < 1.29 is 14.6 Å². The summed E-state index contributed by atoms with van der Waals surface area (Å²) in [5, 5.41) is 9.38. The Balaban J connectivity index is 2.47. The van der Waals surface area contributed by atoms with E-state index in [0.717, 1.165) is 11.1 Å². The maximum atomic E-state index is 11.4. The first-order chi connectivity index (χ1) is 9.47. The third-order valence-electron chi connectivity index (χ3n) is 2.96. The van der Waals surface area contributed by atoms with Crippen LogP contribution in [-0.4, -0.2) is 17.2 Å². The Morgan fingerprint density at radius 2 is 1.75 bits per heavy atom. The van der Waals surface area contributed by atoms with E-state index in [1.165, 1.54) is 0 Å². The van der Waals surface area contributed by atoms with Crippen LogP contribution >= 0.6 is 0 Å². The predicted octanol–water partition coefficient (Wildman–Crippen LogP) is 4.15. The van der Waals surface area contributed by atoms with Gasteiger partial charge in [-0.05, 0) is 50.1 Å². The highest BCUT2D eigenvalue weighted by molar-refractivity contribution is 5.96. The molecule has 0 bridgehead atoms. The minimum Gasteiger partial charge on any atom is -0.491 e. The Kier molecular flexibility index (Phi) is 4.08. The molecule has 0 amide bonds. The number of rotatable bonds is 4. The van der Waals surface area contributed by atoms with E-state index in [0.29, 0.717) is 11.3 Å². The zero-order chi connectivity index (χ0) is 14.7. The highest BCUT2D eigenvalue weighted by Crippen LogP contribution is 2.28. The van der Waals surface area contributed by atoms with E-state index in [2.05, 4.69) is 0 Å². The minimum atomic E-state index is -0.949. The SMILES string of the molecule is Cc1ccc(-c2ccc(OC(C)C)cc2C(=O)O)cc1. The summed E-state index contributed by atoms with van der Waals surface area (Å²) in [6.45, 7) is 5.82. The zero-order valence-corrected chi connectivity index (χ0v) is 11.9. The maximum Gasteiger partial charge on any atom is 0.336 e. The molecule has 0 aliphatic heterocycles. The Labute approximate surface area is 118 Å². The van der Waals surface area contributed by atoms with Crippen LogP contribution < -0.4 is 4.74 Å². The van der Waals surface area contributed by atoms with Gasteiger partial charge in [-0.15, -0.1) is 0 Å². The lowest BCUT2D eigenvalue weighted by Crippen LogP contribution is -2.07. The van der Waals surface area contributed by atoms with Crippen LogP contribution in [0.3, 0.4) is 0 Å². The number of aryl methyl sites for hydroxylation is 1. The second-order valence-electron chi connectivity index (χ2n) is 5.05. The second-order valence-corrected chi connectivity index (χ2v) is 5.05. The number of hydrogen-bond donors (Lipinski definition) is 1. The second kappa shape index (κ2) is 5.78. The van der Waals surface area contributed by atoms with Crippen molar-refractivity contribution in [1.82, 2.24) is 0 Å². The van der Waals surface area contributed by atoms with Gasteiger partial charge in [0.2, 0.25) is 0 Å². The Morgan fingerprint density at radius 3 is 2.30 bits per heavy atom. The van der Waals surface area contributed by atoms with Crippen molar-refractivity contribution in [3.63, 3.8) is 0 Å². The maximum absolute atomic E-state index is 11.4. The number of carbonyl (C=O) groups is 1. The molecule has 2 aromatic carbocycles. The molecule has 0 aromatic heterocycles. The lowest BCUT2D eigenvalue weighted by atomic mass is 9.98. The molecule has 0 unspecified atom stereocenters. The van der Waals surface area contributed by atoms with Crippen LogP contribution in [0.25, 0.3) is 11.1 Å². The Bertz CT molecular complexity index is 613. The van der Waals surface area contributed by atoms with E-state index in [1.807, 2.05) is 51.1 Å². The molecule has 0 aliphatic rings. The smallest absolute Gasteiger partial charge is 0.336 e. The van der Waals surface area contributed by atoms with E-state index in [1.54, 1.807) is 12.1 Å². The van der Waals surface area contributed by atoms with Crippen LogP contribution in [0.5, 0.6) is 5.75 Å². The summed E-state index contributed by atoms with van der Waals surface area (Å²) in [6, 6.07) is 13.0. The monoisotopic (exact) mass is 270 g/mol. The number of hydrogen-bond acceptors (Lipinski definition) is 2. The van der Waals surface area contributed by atoms with Crippen molar-refractivity contribution >= 4 is 5.97 Å². The van der Waals surface area contributed by atoms with Gasteiger partial charge in [0, 0.05) is 0 Å². The quantitative estimate of drug-likeness (QED) is 0.907. The van der Waals surface area contributed by atoms with Crippen LogP contribution in [0.2, 0.25) is 0 Å². The summed E-state index contributed by atoms with van der Waals surface area (Å²) in [6.07, 6.45) is 0.0156. The van der Waals surface area contributed by atoms with Crippen molar-refractivity contribution in [2.45, 2.75) is 26.9 Å². The summed E-state index contributed by atoms with van der Waals surface area (Å²) in [5.41, 5.74) is 3.00. The molecule has 2 aromatic rings. The van der Waals surface area contributed by atoms with Crippen molar-refractivity contribution in [2.24, 2.45) is 0 Å². The third-order valence-corrected chi connectivity index (χ3v) is 2.96. The predicted molar refractivity (Wildman–Crippen MR) is 79.3 cm³/mol. The molecule has 0 radical (unpaired) electrons. The zero-order valence-electron chi connectivity index (χ0n) is 11.9. The first kappa shape index (κ1) is 14.1. The van der Waals surface area contributed by atoms with Gasteiger partial charge in [-0.3, -0.25) is 0 Å². The van der Waals surface area contributed by atoms with Gasteiger partial charge in [-0.2, -0.15) is 0 Å². The van der Waals surface area contributed by atoms with Gasteiger partial charge in [-0.1, -0.05) is 29.8 Å². The number of benzene rings is 2. The van der Waals surface area contributed by atoms with Gasteiger partial charge in [0.1, 0.15) is 5.75 Å². The van der Waals surface area contributed by atoms with E-state index in [4.69, 9.17) is 4.74 Å². The molecular formula is C17H18O3. The fraction of sp³-hybridized carbons (Fsp3) is 0.235. The fourth-order valence-electron chi connectivity index (χ4n) is 2.03. The number of carboxylic acid groups (broad SMARTS) is 1. The van der Waals surface area contributed by atoms with Crippen molar-refractivity contribution in [3.05, 3.63) is 53.6 Å². The summed E-state index contributed by atoms with van der Waals surface area (Å²) in [7, 11) is 0. The van der Waals surface area contributed by atoms with E-state index < -0.39 is 5.97 Å². The standard InChI is InChI=1S/C17H18O3/c1-11(2)20-14-8-9-15(16(10-14)17(18)19)13-6-4-12(3)5-7-13/h4-11H,1-3H3,(H,18,19). The summed E-state index contributed by atoms with van der Waals surface area (Å²) < 4.78 is 5.55. The lowest BCUT2D eigenvalue weighted by molar-refractivity contribution is 0.0697. The van der Waals surface area contributed by atoms with Gasteiger partial charge in [-0.25, -0.2) is 4.79 Å². The normalized spacial score (nSPS) is 10.6. The van der Waals surface area contributed by atoms with Crippen LogP contribution in [0.1, 0.15) is 29.8 Å². The molecule has 0 saturated carbocycles. The number of aromatic carboxylic acids is 1. The summed E-state index contributed by atoms with van der Waals surface area (Å²) in [4.78, 5) is 11.4. The minimum absolute atomic E-state index is 0.0156. The molecule has 0 heterocycles. The highest BCUT2D eigenvalue weighted by Gasteiger charge is 2.13. The number of carboxylic acids is 1. The Morgan fingerprint density at radius 1 is 1.10 bits per heavy atom. The molecule has 20 heavy (non-hydrogen) atoms. The van der Waals surface area contributed by atoms with Crippen LogP contribution in [0.15, 0.2) is 42.5 Å². The van der Waals surface area contributed by atoms with Crippen molar-refractivity contribution in [3.8, 4) is 16.9 Å².